The number of hydrogen-bond donors (Lipinski definition) is 0. The third-order valence-corrected chi connectivity index (χ3v) is 6.83. The standard InChI is InChI=1S/C25H31N3O5/c1-17-21(7-5-3-4-6-10-26-11-13-27(14-12-26)18(2)29)24(31)28(23(17)30)20-8-9-22-19(15-20)16-33-25(22)32/h8-9,15H,3-7,10-14,16H2,1-2H3. The van der Waals surface area contributed by atoms with Crippen LogP contribution in [0.25, 0.3) is 0 Å². The number of ether oxygens (including phenoxy) is 1. The first-order valence-electron chi connectivity index (χ1n) is 11.7. The molecule has 3 heterocycles. The molecule has 4 rings (SSSR count). The molecule has 0 atom stereocenters. The summed E-state index contributed by atoms with van der Waals surface area (Å²) in [6.07, 6.45) is 4.63. The fraction of sp³-hybridized carbons (Fsp3) is 0.520. The van der Waals surface area contributed by atoms with E-state index in [1.54, 1.807) is 32.0 Å². The molecule has 3 amide bonds. The number of cyclic esters (lactones) is 1. The lowest BCUT2D eigenvalue weighted by atomic mass is 10.0. The van der Waals surface area contributed by atoms with Crippen LogP contribution in [0, 0.1) is 0 Å². The molecule has 1 aromatic rings. The minimum absolute atomic E-state index is 0.151. The van der Waals surface area contributed by atoms with E-state index in [0.29, 0.717) is 34.4 Å². The smallest absolute Gasteiger partial charge is 0.338 e. The normalized spacial score (nSPS) is 18.9. The number of benzene rings is 1. The van der Waals surface area contributed by atoms with Gasteiger partial charge >= 0.3 is 5.97 Å². The molecule has 0 unspecified atom stereocenters. The number of imide groups is 1. The molecule has 0 N–H and O–H groups in total. The topological polar surface area (TPSA) is 87.2 Å². The molecule has 0 radical (unpaired) electrons. The molecule has 0 aliphatic carbocycles. The van der Waals surface area contributed by atoms with Crippen molar-refractivity contribution in [2.24, 2.45) is 0 Å². The van der Waals surface area contributed by atoms with Gasteiger partial charge in [-0.25, -0.2) is 9.69 Å². The van der Waals surface area contributed by atoms with Crippen LogP contribution in [0.5, 0.6) is 0 Å². The summed E-state index contributed by atoms with van der Waals surface area (Å²) >= 11 is 0. The van der Waals surface area contributed by atoms with E-state index in [0.717, 1.165) is 58.4 Å². The van der Waals surface area contributed by atoms with Crippen LogP contribution in [0.2, 0.25) is 0 Å². The molecule has 8 heteroatoms. The highest BCUT2D eigenvalue weighted by molar-refractivity contribution is 6.32. The summed E-state index contributed by atoms with van der Waals surface area (Å²) in [6, 6.07) is 4.95. The predicted octanol–water partition coefficient (Wildman–Crippen LogP) is 2.66. The van der Waals surface area contributed by atoms with E-state index in [1.807, 2.05) is 4.90 Å². The number of rotatable bonds is 8. The molecular formula is C25H31N3O5. The number of hydrogen-bond acceptors (Lipinski definition) is 6. The van der Waals surface area contributed by atoms with Crippen LogP contribution in [0.15, 0.2) is 29.3 Å². The molecule has 176 valence electrons. The Morgan fingerprint density at radius 3 is 2.42 bits per heavy atom. The van der Waals surface area contributed by atoms with Gasteiger partial charge in [-0.2, -0.15) is 0 Å². The number of nitrogens with zero attached hydrogens (tertiary/aromatic N) is 3. The van der Waals surface area contributed by atoms with Crippen LogP contribution in [0.1, 0.15) is 61.9 Å². The first kappa shape index (κ1) is 23.2. The van der Waals surface area contributed by atoms with Gasteiger partial charge in [0.1, 0.15) is 6.61 Å². The summed E-state index contributed by atoms with van der Waals surface area (Å²) in [7, 11) is 0. The minimum Gasteiger partial charge on any atom is -0.457 e. The van der Waals surface area contributed by atoms with Gasteiger partial charge in [-0.05, 0) is 50.9 Å². The van der Waals surface area contributed by atoms with Crippen molar-refractivity contribution in [2.75, 3.05) is 37.6 Å². The van der Waals surface area contributed by atoms with Crippen LogP contribution >= 0.6 is 0 Å². The van der Waals surface area contributed by atoms with Crippen molar-refractivity contribution in [3.8, 4) is 0 Å². The Balaban J connectivity index is 1.22. The Bertz CT molecular complexity index is 1010. The van der Waals surface area contributed by atoms with Crippen molar-refractivity contribution in [3.63, 3.8) is 0 Å². The van der Waals surface area contributed by atoms with Gasteiger partial charge in [-0.3, -0.25) is 19.3 Å². The van der Waals surface area contributed by atoms with E-state index in [9.17, 15) is 19.2 Å². The molecule has 8 nitrogen and oxygen atoms in total. The Kier molecular flexibility index (Phi) is 6.93. The average molecular weight is 454 g/mol. The second-order valence-corrected chi connectivity index (χ2v) is 8.98. The fourth-order valence-electron chi connectivity index (χ4n) is 4.75. The van der Waals surface area contributed by atoms with Gasteiger partial charge < -0.3 is 9.64 Å². The second-order valence-electron chi connectivity index (χ2n) is 8.98. The summed E-state index contributed by atoms with van der Waals surface area (Å²) in [5, 5.41) is 0. The average Bonchev–Trinajstić information content (AvgIpc) is 3.27. The van der Waals surface area contributed by atoms with Gasteiger partial charge in [-0.15, -0.1) is 0 Å². The Morgan fingerprint density at radius 1 is 0.970 bits per heavy atom. The van der Waals surface area contributed by atoms with E-state index in [1.165, 1.54) is 4.90 Å². The lowest BCUT2D eigenvalue weighted by Gasteiger charge is -2.34. The van der Waals surface area contributed by atoms with Crippen LogP contribution in [0.3, 0.4) is 0 Å². The maximum Gasteiger partial charge on any atom is 0.338 e. The summed E-state index contributed by atoms with van der Waals surface area (Å²) in [4.78, 5) is 54.4. The van der Waals surface area contributed by atoms with Crippen molar-refractivity contribution in [3.05, 3.63) is 40.5 Å². The van der Waals surface area contributed by atoms with Crippen LogP contribution in [-0.4, -0.2) is 66.2 Å². The molecule has 0 bridgehead atoms. The van der Waals surface area contributed by atoms with Crippen molar-refractivity contribution in [1.29, 1.82) is 0 Å². The van der Waals surface area contributed by atoms with Crippen molar-refractivity contribution >= 4 is 29.4 Å². The predicted molar refractivity (Wildman–Crippen MR) is 123 cm³/mol. The highest BCUT2D eigenvalue weighted by Gasteiger charge is 2.37. The number of esters is 1. The first-order valence-corrected chi connectivity index (χ1v) is 11.7. The molecule has 1 saturated heterocycles. The number of fused-ring (bicyclic) bond motifs is 1. The molecule has 0 spiro atoms. The quantitative estimate of drug-likeness (QED) is 0.342. The van der Waals surface area contributed by atoms with Gasteiger partial charge in [0.15, 0.2) is 0 Å². The summed E-state index contributed by atoms with van der Waals surface area (Å²) < 4.78 is 5.02. The van der Waals surface area contributed by atoms with E-state index in [-0.39, 0.29) is 30.3 Å². The molecule has 1 fully saturated rings. The largest absolute Gasteiger partial charge is 0.457 e. The summed E-state index contributed by atoms with van der Waals surface area (Å²) in [5.41, 5.74) is 2.78. The van der Waals surface area contributed by atoms with Crippen LogP contribution in [0.4, 0.5) is 5.69 Å². The molecule has 3 aliphatic heterocycles. The van der Waals surface area contributed by atoms with Crippen LogP contribution in [-0.2, 0) is 25.7 Å². The zero-order valence-electron chi connectivity index (χ0n) is 19.4. The van der Waals surface area contributed by atoms with Crippen molar-refractivity contribution in [2.45, 2.75) is 52.6 Å². The van der Waals surface area contributed by atoms with Crippen LogP contribution < -0.4 is 4.90 Å². The maximum absolute atomic E-state index is 13.0. The monoisotopic (exact) mass is 453 g/mol. The summed E-state index contributed by atoms with van der Waals surface area (Å²) in [6.45, 7) is 8.02. The number of unbranched alkanes of at least 4 members (excludes halogenated alkanes) is 3. The van der Waals surface area contributed by atoms with E-state index in [4.69, 9.17) is 4.74 Å². The number of anilines is 1. The maximum atomic E-state index is 13.0. The highest BCUT2D eigenvalue weighted by Crippen LogP contribution is 2.32. The van der Waals surface area contributed by atoms with Gasteiger partial charge in [0.25, 0.3) is 11.8 Å². The lowest BCUT2D eigenvalue weighted by Crippen LogP contribution is -2.48. The lowest BCUT2D eigenvalue weighted by molar-refractivity contribution is -0.130. The van der Waals surface area contributed by atoms with E-state index < -0.39 is 0 Å². The number of piperazine rings is 1. The number of carbonyl (C=O) groups excluding carboxylic acids is 4. The fourth-order valence-corrected chi connectivity index (χ4v) is 4.75. The molecule has 0 saturated carbocycles. The minimum atomic E-state index is -0.371. The first-order chi connectivity index (χ1) is 15.9. The SMILES string of the molecule is CC(=O)N1CCN(CCCCCCC2=C(C)C(=O)N(c3ccc4c(c3)COC4=O)C2=O)CC1. The molecule has 1 aromatic carbocycles. The zero-order chi connectivity index (χ0) is 23.5. The van der Waals surface area contributed by atoms with Gasteiger partial charge in [0, 0.05) is 49.8 Å². The molecular weight excluding hydrogens is 422 g/mol. The van der Waals surface area contributed by atoms with E-state index >= 15 is 0 Å². The van der Waals surface area contributed by atoms with Crippen molar-refractivity contribution < 1.29 is 23.9 Å². The number of amides is 3. The summed E-state index contributed by atoms with van der Waals surface area (Å²) in [5.74, 6) is -0.766. The zero-order valence-corrected chi connectivity index (χ0v) is 19.4. The van der Waals surface area contributed by atoms with Crippen molar-refractivity contribution in [1.82, 2.24) is 9.80 Å². The third kappa shape index (κ3) is 4.85. The number of carbonyl (C=O) groups is 4. The molecule has 0 aromatic heterocycles. The Hall–Kier alpha value is -3.00. The van der Waals surface area contributed by atoms with Gasteiger partial charge in [0.05, 0.1) is 11.3 Å². The third-order valence-electron chi connectivity index (χ3n) is 6.83. The van der Waals surface area contributed by atoms with Gasteiger partial charge in [0.2, 0.25) is 5.91 Å². The Morgan fingerprint density at radius 2 is 1.70 bits per heavy atom. The molecule has 33 heavy (non-hydrogen) atoms. The van der Waals surface area contributed by atoms with Gasteiger partial charge in [-0.1, -0.05) is 12.8 Å². The molecule has 3 aliphatic rings. The highest BCUT2D eigenvalue weighted by atomic mass is 16.5. The van der Waals surface area contributed by atoms with E-state index in [2.05, 4.69) is 4.90 Å². The second kappa shape index (κ2) is 9.87. The Labute approximate surface area is 194 Å².